The van der Waals surface area contributed by atoms with Crippen molar-refractivity contribution in [2.24, 2.45) is 0 Å². The number of amides is 2. The normalized spacial score (nSPS) is 15.1. The molecule has 33 heavy (non-hydrogen) atoms. The SMILES string of the molecule is O=C(NC1CCCCC1)C(Cc1ccccc1)N(C(=O)Cc1cccs1)c1cccc(F)c1. The van der Waals surface area contributed by atoms with Gasteiger partial charge in [0.15, 0.2) is 0 Å². The molecule has 0 bridgehead atoms. The van der Waals surface area contributed by atoms with Gasteiger partial charge in [0, 0.05) is 23.0 Å². The maximum Gasteiger partial charge on any atom is 0.243 e. The van der Waals surface area contributed by atoms with Gasteiger partial charge in [-0.2, -0.15) is 0 Å². The third kappa shape index (κ3) is 6.29. The molecular weight excluding hydrogens is 435 g/mol. The Morgan fingerprint density at radius 3 is 2.48 bits per heavy atom. The summed E-state index contributed by atoms with van der Waals surface area (Å²) in [6, 6.07) is 18.8. The molecule has 172 valence electrons. The fraction of sp³-hybridized carbons (Fsp3) is 0.333. The molecule has 4 rings (SSSR count). The van der Waals surface area contributed by atoms with Gasteiger partial charge in [-0.25, -0.2) is 4.39 Å². The average Bonchev–Trinajstić information content (AvgIpc) is 3.33. The first-order chi connectivity index (χ1) is 16.1. The van der Waals surface area contributed by atoms with Crippen LogP contribution < -0.4 is 10.2 Å². The van der Waals surface area contributed by atoms with Crippen molar-refractivity contribution in [3.05, 3.63) is 88.4 Å². The predicted molar refractivity (Wildman–Crippen MR) is 131 cm³/mol. The quantitative estimate of drug-likeness (QED) is 0.477. The molecule has 4 nitrogen and oxygen atoms in total. The van der Waals surface area contributed by atoms with Gasteiger partial charge in [0.1, 0.15) is 11.9 Å². The zero-order valence-electron chi connectivity index (χ0n) is 18.6. The lowest BCUT2D eigenvalue weighted by atomic mass is 9.94. The number of thiophene rings is 1. The van der Waals surface area contributed by atoms with Crippen LogP contribution in [0.2, 0.25) is 0 Å². The molecule has 2 amide bonds. The Labute approximate surface area is 198 Å². The van der Waals surface area contributed by atoms with E-state index in [1.807, 2.05) is 47.8 Å². The lowest BCUT2D eigenvalue weighted by Gasteiger charge is -2.33. The van der Waals surface area contributed by atoms with E-state index in [0.29, 0.717) is 12.1 Å². The number of benzene rings is 2. The highest BCUT2D eigenvalue weighted by atomic mass is 32.1. The lowest BCUT2D eigenvalue weighted by Crippen LogP contribution is -2.53. The molecule has 1 aliphatic carbocycles. The molecule has 1 aromatic heterocycles. The van der Waals surface area contributed by atoms with Crippen molar-refractivity contribution >= 4 is 28.8 Å². The van der Waals surface area contributed by atoms with Crippen molar-refractivity contribution < 1.29 is 14.0 Å². The second-order valence-corrected chi connectivity index (χ2v) is 9.58. The highest BCUT2D eigenvalue weighted by Gasteiger charge is 2.33. The standard InChI is InChI=1S/C27H29FN2O2S/c28-21-11-7-14-23(18-21)30(26(31)19-24-15-8-16-33-24)25(17-20-9-3-1-4-10-20)27(32)29-22-12-5-2-6-13-22/h1,3-4,7-11,14-16,18,22,25H,2,5-6,12-13,17,19H2,(H,29,32). The van der Waals surface area contributed by atoms with Crippen molar-refractivity contribution in [3.8, 4) is 0 Å². The largest absolute Gasteiger partial charge is 0.352 e. The first-order valence-corrected chi connectivity index (χ1v) is 12.4. The summed E-state index contributed by atoms with van der Waals surface area (Å²) in [5.74, 6) is -0.843. The fourth-order valence-corrected chi connectivity index (χ4v) is 5.15. The minimum absolute atomic E-state index is 0.117. The number of nitrogens with one attached hydrogen (secondary N) is 1. The summed E-state index contributed by atoms with van der Waals surface area (Å²) in [7, 11) is 0. The highest BCUT2D eigenvalue weighted by molar-refractivity contribution is 7.10. The number of carbonyl (C=O) groups excluding carboxylic acids is 2. The minimum atomic E-state index is -0.774. The summed E-state index contributed by atoms with van der Waals surface area (Å²) in [4.78, 5) is 29.6. The summed E-state index contributed by atoms with van der Waals surface area (Å²) in [5.41, 5.74) is 1.35. The van der Waals surface area contributed by atoms with Crippen molar-refractivity contribution in [2.75, 3.05) is 4.90 Å². The van der Waals surface area contributed by atoms with Gasteiger partial charge >= 0.3 is 0 Å². The van der Waals surface area contributed by atoms with Gasteiger partial charge < -0.3 is 5.32 Å². The van der Waals surface area contributed by atoms with Gasteiger partial charge in [0.25, 0.3) is 0 Å². The van der Waals surface area contributed by atoms with Crippen LogP contribution in [-0.4, -0.2) is 23.9 Å². The molecule has 3 aromatic rings. The Balaban J connectivity index is 1.68. The van der Waals surface area contributed by atoms with Crippen LogP contribution in [0.15, 0.2) is 72.1 Å². The van der Waals surface area contributed by atoms with Crippen LogP contribution in [-0.2, 0) is 22.4 Å². The van der Waals surface area contributed by atoms with E-state index in [9.17, 15) is 14.0 Å². The number of carbonyl (C=O) groups is 2. The van der Waals surface area contributed by atoms with E-state index in [1.165, 1.54) is 34.8 Å². The highest BCUT2D eigenvalue weighted by Crippen LogP contribution is 2.25. The third-order valence-corrected chi connectivity index (χ3v) is 6.97. The van der Waals surface area contributed by atoms with Crippen LogP contribution in [0.1, 0.15) is 42.5 Å². The second kappa shape index (κ2) is 11.2. The summed E-state index contributed by atoms with van der Waals surface area (Å²) in [5, 5.41) is 5.12. The molecule has 0 radical (unpaired) electrons. The van der Waals surface area contributed by atoms with Gasteiger partial charge in [-0.1, -0.05) is 61.7 Å². The number of hydrogen-bond donors (Lipinski definition) is 1. The molecule has 6 heteroatoms. The van der Waals surface area contributed by atoms with E-state index in [-0.39, 0.29) is 24.3 Å². The average molecular weight is 465 g/mol. The lowest BCUT2D eigenvalue weighted by molar-refractivity contribution is -0.126. The molecule has 1 atom stereocenters. The fourth-order valence-electron chi connectivity index (χ4n) is 4.45. The number of nitrogens with zero attached hydrogens (tertiary/aromatic N) is 1. The van der Waals surface area contributed by atoms with Crippen molar-refractivity contribution in [1.82, 2.24) is 5.32 Å². The van der Waals surface area contributed by atoms with E-state index in [1.54, 1.807) is 12.1 Å². The zero-order valence-corrected chi connectivity index (χ0v) is 19.4. The first kappa shape index (κ1) is 23.2. The van der Waals surface area contributed by atoms with Crippen LogP contribution in [0.5, 0.6) is 0 Å². The van der Waals surface area contributed by atoms with E-state index in [2.05, 4.69) is 5.32 Å². The van der Waals surface area contributed by atoms with Crippen LogP contribution in [0, 0.1) is 5.82 Å². The summed E-state index contributed by atoms with van der Waals surface area (Å²) in [6.45, 7) is 0. The Morgan fingerprint density at radius 2 is 1.79 bits per heavy atom. The number of hydrogen-bond acceptors (Lipinski definition) is 3. The molecule has 0 aliphatic heterocycles. The topological polar surface area (TPSA) is 49.4 Å². The molecule has 1 N–H and O–H groups in total. The van der Waals surface area contributed by atoms with Crippen molar-refractivity contribution in [3.63, 3.8) is 0 Å². The molecule has 1 saturated carbocycles. The second-order valence-electron chi connectivity index (χ2n) is 8.55. The molecule has 0 saturated heterocycles. The zero-order chi connectivity index (χ0) is 23.0. The van der Waals surface area contributed by atoms with E-state index >= 15 is 0 Å². The van der Waals surface area contributed by atoms with Gasteiger partial charge in [0.05, 0.1) is 6.42 Å². The number of rotatable bonds is 8. The maximum absolute atomic E-state index is 14.2. The molecule has 0 spiro atoms. The van der Waals surface area contributed by atoms with E-state index in [4.69, 9.17) is 0 Å². The number of anilines is 1. The first-order valence-electron chi connectivity index (χ1n) is 11.5. The maximum atomic E-state index is 14.2. The van der Waals surface area contributed by atoms with Gasteiger partial charge in [0.2, 0.25) is 11.8 Å². The Morgan fingerprint density at radius 1 is 1.00 bits per heavy atom. The van der Waals surface area contributed by atoms with Crippen LogP contribution >= 0.6 is 11.3 Å². The monoisotopic (exact) mass is 464 g/mol. The van der Waals surface area contributed by atoms with Crippen molar-refractivity contribution in [1.29, 1.82) is 0 Å². The number of halogens is 1. The molecule has 1 unspecified atom stereocenters. The van der Waals surface area contributed by atoms with Crippen LogP contribution in [0.3, 0.4) is 0 Å². The molecule has 2 aromatic carbocycles. The summed E-state index contributed by atoms with van der Waals surface area (Å²) < 4.78 is 14.2. The smallest absolute Gasteiger partial charge is 0.243 e. The van der Waals surface area contributed by atoms with Gasteiger partial charge in [-0.15, -0.1) is 11.3 Å². The molecule has 1 aliphatic rings. The molecule has 1 fully saturated rings. The third-order valence-electron chi connectivity index (χ3n) is 6.10. The van der Waals surface area contributed by atoms with E-state index in [0.717, 1.165) is 36.1 Å². The Hall–Kier alpha value is -2.99. The van der Waals surface area contributed by atoms with Crippen LogP contribution in [0.25, 0.3) is 0 Å². The summed E-state index contributed by atoms with van der Waals surface area (Å²) in [6.07, 6.45) is 5.80. The molecule has 1 heterocycles. The minimum Gasteiger partial charge on any atom is -0.352 e. The van der Waals surface area contributed by atoms with Crippen LogP contribution in [0.4, 0.5) is 10.1 Å². The van der Waals surface area contributed by atoms with Gasteiger partial charge in [-0.3, -0.25) is 14.5 Å². The Kier molecular flexibility index (Phi) is 7.89. The van der Waals surface area contributed by atoms with Crippen molar-refractivity contribution in [2.45, 2.75) is 57.0 Å². The molecular formula is C27H29FN2O2S. The van der Waals surface area contributed by atoms with E-state index < -0.39 is 11.9 Å². The predicted octanol–water partition coefficient (Wildman–Crippen LogP) is 5.52. The van der Waals surface area contributed by atoms with Gasteiger partial charge in [-0.05, 0) is 48.1 Å². The Bertz CT molecular complexity index is 1050. The summed E-state index contributed by atoms with van der Waals surface area (Å²) >= 11 is 1.50.